The predicted molar refractivity (Wildman–Crippen MR) is 71.4 cm³/mol. The maximum atomic E-state index is 5.97. The number of piperidine rings is 1. The van der Waals surface area contributed by atoms with E-state index >= 15 is 0 Å². The summed E-state index contributed by atoms with van der Waals surface area (Å²) in [5, 5.41) is 4.50. The molecule has 0 aromatic carbocycles. The third kappa shape index (κ3) is 3.23. The highest BCUT2D eigenvalue weighted by Gasteiger charge is 2.20. The second-order valence-corrected chi connectivity index (χ2v) is 5.30. The van der Waals surface area contributed by atoms with E-state index in [2.05, 4.69) is 34.6 Å². The van der Waals surface area contributed by atoms with Crippen LogP contribution in [0.5, 0.6) is 0 Å². The third-order valence-corrected chi connectivity index (χ3v) is 3.93. The Morgan fingerprint density at radius 2 is 2.35 bits per heavy atom. The first-order valence-corrected chi connectivity index (χ1v) is 7.08. The van der Waals surface area contributed by atoms with Crippen molar-refractivity contribution in [3.05, 3.63) is 17.5 Å². The first-order chi connectivity index (χ1) is 8.22. The molecule has 1 atom stereocenters. The molecule has 1 aromatic rings. The van der Waals surface area contributed by atoms with Crippen molar-refractivity contribution in [2.24, 2.45) is 5.92 Å². The SMILES string of the molecule is CCn1nc(C)cc1CN1CCCC(CCl)C1. The smallest absolute Gasteiger partial charge is 0.0597 e. The van der Waals surface area contributed by atoms with E-state index in [0.29, 0.717) is 5.92 Å². The van der Waals surface area contributed by atoms with E-state index in [1.165, 1.54) is 25.1 Å². The molecular formula is C13H22ClN3. The second kappa shape index (κ2) is 5.87. The zero-order valence-corrected chi connectivity index (χ0v) is 11.6. The zero-order chi connectivity index (χ0) is 12.3. The van der Waals surface area contributed by atoms with Crippen LogP contribution in [0.3, 0.4) is 0 Å². The fraction of sp³-hybridized carbons (Fsp3) is 0.769. The van der Waals surface area contributed by atoms with Gasteiger partial charge in [-0.1, -0.05) is 0 Å². The van der Waals surface area contributed by atoms with Gasteiger partial charge in [0.1, 0.15) is 0 Å². The van der Waals surface area contributed by atoms with E-state index in [9.17, 15) is 0 Å². The highest BCUT2D eigenvalue weighted by molar-refractivity contribution is 6.18. The molecule has 0 saturated carbocycles. The van der Waals surface area contributed by atoms with Crippen molar-refractivity contribution in [2.75, 3.05) is 19.0 Å². The van der Waals surface area contributed by atoms with Gasteiger partial charge in [0.15, 0.2) is 0 Å². The maximum Gasteiger partial charge on any atom is 0.0597 e. The lowest BCUT2D eigenvalue weighted by atomic mass is 10.00. The van der Waals surface area contributed by atoms with Crippen LogP contribution in [-0.2, 0) is 13.1 Å². The summed E-state index contributed by atoms with van der Waals surface area (Å²) in [5.74, 6) is 1.47. The van der Waals surface area contributed by atoms with Crippen LogP contribution in [0, 0.1) is 12.8 Å². The van der Waals surface area contributed by atoms with Gasteiger partial charge in [0.2, 0.25) is 0 Å². The lowest BCUT2D eigenvalue weighted by Crippen LogP contribution is -2.36. The lowest BCUT2D eigenvalue weighted by molar-refractivity contribution is 0.174. The molecule has 0 bridgehead atoms. The van der Waals surface area contributed by atoms with Crippen LogP contribution in [0.4, 0.5) is 0 Å². The Bertz CT molecular complexity index is 362. The fourth-order valence-electron chi connectivity index (χ4n) is 2.65. The molecule has 0 spiro atoms. The van der Waals surface area contributed by atoms with Crippen molar-refractivity contribution in [1.29, 1.82) is 0 Å². The number of alkyl halides is 1. The highest BCUT2D eigenvalue weighted by atomic mass is 35.5. The molecule has 1 aromatic heterocycles. The number of rotatable bonds is 4. The van der Waals surface area contributed by atoms with E-state index in [0.717, 1.165) is 31.2 Å². The van der Waals surface area contributed by atoms with E-state index in [1.807, 2.05) is 0 Å². The van der Waals surface area contributed by atoms with E-state index in [1.54, 1.807) is 0 Å². The Morgan fingerprint density at radius 1 is 1.53 bits per heavy atom. The van der Waals surface area contributed by atoms with Crippen molar-refractivity contribution >= 4 is 11.6 Å². The minimum absolute atomic E-state index is 0.671. The number of hydrogen-bond donors (Lipinski definition) is 0. The predicted octanol–water partition coefficient (Wildman–Crippen LogP) is 2.66. The van der Waals surface area contributed by atoms with Gasteiger partial charge in [-0.3, -0.25) is 9.58 Å². The van der Waals surface area contributed by atoms with Crippen molar-refractivity contribution < 1.29 is 0 Å². The molecule has 2 heterocycles. The lowest BCUT2D eigenvalue weighted by Gasteiger charge is -2.31. The average molecular weight is 256 g/mol. The number of likely N-dealkylation sites (tertiary alicyclic amines) is 1. The first-order valence-electron chi connectivity index (χ1n) is 6.54. The Morgan fingerprint density at radius 3 is 3.06 bits per heavy atom. The van der Waals surface area contributed by atoms with Crippen molar-refractivity contribution in [2.45, 2.75) is 39.8 Å². The topological polar surface area (TPSA) is 21.1 Å². The van der Waals surface area contributed by atoms with Crippen LogP contribution in [0.1, 0.15) is 31.2 Å². The van der Waals surface area contributed by atoms with Crippen LogP contribution in [0.15, 0.2) is 6.07 Å². The normalized spacial score (nSPS) is 21.9. The van der Waals surface area contributed by atoms with Gasteiger partial charge >= 0.3 is 0 Å². The van der Waals surface area contributed by atoms with Crippen LogP contribution in [-0.4, -0.2) is 33.6 Å². The number of aromatic nitrogens is 2. The van der Waals surface area contributed by atoms with Gasteiger partial charge in [0, 0.05) is 25.5 Å². The molecule has 2 rings (SSSR count). The van der Waals surface area contributed by atoms with Gasteiger partial charge < -0.3 is 0 Å². The van der Waals surface area contributed by atoms with Crippen molar-refractivity contribution in [3.8, 4) is 0 Å². The summed E-state index contributed by atoms with van der Waals surface area (Å²) < 4.78 is 2.11. The molecule has 1 fully saturated rings. The molecule has 1 aliphatic rings. The van der Waals surface area contributed by atoms with Gasteiger partial charge in [-0.05, 0) is 45.2 Å². The molecule has 0 radical (unpaired) electrons. The van der Waals surface area contributed by atoms with Gasteiger partial charge in [-0.25, -0.2) is 0 Å². The summed E-state index contributed by atoms with van der Waals surface area (Å²) in [7, 11) is 0. The first kappa shape index (κ1) is 12.9. The summed E-state index contributed by atoms with van der Waals surface area (Å²) in [6.45, 7) is 8.51. The summed E-state index contributed by atoms with van der Waals surface area (Å²) >= 11 is 5.97. The Balaban J connectivity index is 1.99. The Kier molecular flexibility index (Phi) is 4.46. The molecule has 4 heteroatoms. The summed E-state index contributed by atoms with van der Waals surface area (Å²) in [5.41, 5.74) is 2.45. The molecule has 3 nitrogen and oxygen atoms in total. The van der Waals surface area contributed by atoms with Crippen LogP contribution in [0.2, 0.25) is 0 Å². The molecule has 0 aliphatic carbocycles. The molecule has 1 unspecified atom stereocenters. The Labute approximate surface area is 109 Å². The number of nitrogens with zero attached hydrogens (tertiary/aromatic N) is 3. The number of hydrogen-bond acceptors (Lipinski definition) is 2. The molecule has 17 heavy (non-hydrogen) atoms. The minimum Gasteiger partial charge on any atom is -0.297 e. The van der Waals surface area contributed by atoms with Crippen molar-refractivity contribution in [3.63, 3.8) is 0 Å². The maximum absolute atomic E-state index is 5.97. The molecule has 96 valence electrons. The van der Waals surface area contributed by atoms with Crippen LogP contribution < -0.4 is 0 Å². The summed E-state index contributed by atoms with van der Waals surface area (Å²) in [6, 6.07) is 2.20. The van der Waals surface area contributed by atoms with Crippen LogP contribution >= 0.6 is 11.6 Å². The molecule has 1 saturated heterocycles. The average Bonchev–Trinajstić information content (AvgIpc) is 2.69. The van der Waals surface area contributed by atoms with E-state index < -0.39 is 0 Å². The quantitative estimate of drug-likeness (QED) is 0.772. The monoisotopic (exact) mass is 255 g/mol. The Hall–Kier alpha value is -0.540. The minimum atomic E-state index is 0.671. The zero-order valence-electron chi connectivity index (χ0n) is 10.8. The highest BCUT2D eigenvalue weighted by Crippen LogP contribution is 2.19. The molecular weight excluding hydrogens is 234 g/mol. The number of halogens is 1. The van der Waals surface area contributed by atoms with Gasteiger partial charge in [0.05, 0.1) is 11.4 Å². The number of aryl methyl sites for hydroxylation is 2. The fourth-order valence-corrected chi connectivity index (χ4v) is 2.90. The van der Waals surface area contributed by atoms with Gasteiger partial charge in [-0.15, -0.1) is 11.6 Å². The molecule has 1 aliphatic heterocycles. The standard InChI is InChI=1S/C13H22ClN3/c1-3-17-13(7-11(2)15-17)10-16-6-4-5-12(8-14)9-16/h7,12H,3-6,8-10H2,1-2H3. The van der Waals surface area contributed by atoms with Crippen molar-refractivity contribution in [1.82, 2.24) is 14.7 Å². The van der Waals surface area contributed by atoms with Gasteiger partial charge in [0.25, 0.3) is 0 Å². The second-order valence-electron chi connectivity index (χ2n) is 4.99. The summed E-state index contributed by atoms with van der Waals surface area (Å²) in [6.07, 6.45) is 2.56. The van der Waals surface area contributed by atoms with Crippen LogP contribution in [0.25, 0.3) is 0 Å². The largest absolute Gasteiger partial charge is 0.297 e. The van der Waals surface area contributed by atoms with Gasteiger partial charge in [-0.2, -0.15) is 5.10 Å². The molecule has 0 amide bonds. The third-order valence-electron chi connectivity index (χ3n) is 3.49. The summed E-state index contributed by atoms with van der Waals surface area (Å²) in [4.78, 5) is 2.51. The van der Waals surface area contributed by atoms with E-state index in [-0.39, 0.29) is 0 Å². The molecule has 0 N–H and O–H groups in total. The van der Waals surface area contributed by atoms with E-state index in [4.69, 9.17) is 11.6 Å².